The Labute approximate surface area is 174 Å². The number of carbonyl (C=O) groups is 1. The van der Waals surface area contributed by atoms with Crippen molar-refractivity contribution < 1.29 is 9.53 Å². The molecule has 0 fully saturated rings. The summed E-state index contributed by atoms with van der Waals surface area (Å²) in [5, 5.41) is 3.16. The molecule has 6 heteroatoms. The fourth-order valence-corrected chi connectivity index (χ4v) is 2.89. The Hall–Kier alpha value is -4.19. The van der Waals surface area contributed by atoms with E-state index in [0.29, 0.717) is 28.7 Å². The van der Waals surface area contributed by atoms with Gasteiger partial charge in [0.25, 0.3) is 0 Å². The van der Waals surface area contributed by atoms with Crippen LogP contribution < -0.4 is 15.8 Å². The lowest BCUT2D eigenvalue weighted by atomic mass is 10.1. The van der Waals surface area contributed by atoms with E-state index in [1.165, 1.54) is 0 Å². The minimum Gasteiger partial charge on any atom is -0.455 e. The molecular formula is C24H20N4O2. The van der Waals surface area contributed by atoms with Gasteiger partial charge in [0.05, 0.1) is 11.4 Å². The lowest BCUT2D eigenvalue weighted by Crippen LogP contribution is -1.99. The van der Waals surface area contributed by atoms with E-state index >= 15 is 0 Å². The molecule has 0 unspecified atom stereocenters. The van der Waals surface area contributed by atoms with Crippen LogP contribution in [0.1, 0.15) is 17.3 Å². The fraction of sp³-hybridized carbons (Fsp3) is 0.0417. The molecule has 0 aliphatic rings. The number of anilines is 3. The molecule has 0 radical (unpaired) electrons. The molecule has 0 bridgehead atoms. The second-order valence-corrected chi connectivity index (χ2v) is 6.69. The van der Waals surface area contributed by atoms with Crippen LogP contribution in [0.2, 0.25) is 0 Å². The van der Waals surface area contributed by atoms with Gasteiger partial charge in [0, 0.05) is 23.0 Å². The van der Waals surface area contributed by atoms with Crippen LogP contribution in [-0.2, 0) is 0 Å². The summed E-state index contributed by atoms with van der Waals surface area (Å²) in [6.45, 7) is 1.54. The Morgan fingerprint density at radius 3 is 2.37 bits per heavy atom. The largest absolute Gasteiger partial charge is 0.455 e. The van der Waals surface area contributed by atoms with E-state index in [-0.39, 0.29) is 5.78 Å². The molecule has 0 aliphatic carbocycles. The number of nitrogen functional groups attached to an aromatic ring is 1. The van der Waals surface area contributed by atoms with Gasteiger partial charge >= 0.3 is 0 Å². The predicted molar refractivity (Wildman–Crippen MR) is 118 cm³/mol. The number of rotatable bonds is 6. The van der Waals surface area contributed by atoms with Gasteiger partial charge < -0.3 is 15.8 Å². The lowest BCUT2D eigenvalue weighted by Gasteiger charge is -2.09. The molecule has 0 aliphatic heterocycles. The van der Waals surface area contributed by atoms with Crippen molar-refractivity contribution in [3.05, 3.63) is 90.6 Å². The molecule has 1 heterocycles. The Balaban J connectivity index is 1.49. The summed E-state index contributed by atoms with van der Waals surface area (Å²) in [4.78, 5) is 20.2. The normalized spacial score (nSPS) is 10.4. The Kier molecular flexibility index (Phi) is 5.39. The zero-order valence-corrected chi connectivity index (χ0v) is 16.4. The summed E-state index contributed by atoms with van der Waals surface area (Å²) in [6.07, 6.45) is 1.70. The number of ketones is 1. The van der Waals surface area contributed by atoms with Crippen LogP contribution in [-0.4, -0.2) is 15.8 Å². The van der Waals surface area contributed by atoms with Crippen LogP contribution in [0.4, 0.5) is 17.3 Å². The van der Waals surface area contributed by atoms with E-state index in [4.69, 9.17) is 10.5 Å². The minimum atomic E-state index is 0.0298. The van der Waals surface area contributed by atoms with E-state index in [0.717, 1.165) is 16.9 Å². The Morgan fingerprint density at radius 2 is 1.67 bits per heavy atom. The molecule has 0 atom stereocenters. The molecule has 6 nitrogen and oxygen atoms in total. The molecule has 3 N–H and O–H groups in total. The first-order valence-corrected chi connectivity index (χ1v) is 9.42. The fourth-order valence-electron chi connectivity index (χ4n) is 2.89. The van der Waals surface area contributed by atoms with Gasteiger partial charge in [0.15, 0.2) is 5.78 Å². The first-order chi connectivity index (χ1) is 14.6. The number of benzene rings is 3. The minimum absolute atomic E-state index is 0.0298. The number of para-hydroxylation sites is 2. The van der Waals surface area contributed by atoms with E-state index in [1.807, 2.05) is 60.7 Å². The van der Waals surface area contributed by atoms with Gasteiger partial charge in [-0.1, -0.05) is 12.1 Å². The molecular weight excluding hydrogens is 376 g/mol. The third kappa shape index (κ3) is 4.44. The smallest absolute Gasteiger partial charge is 0.227 e. The average Bonchev–Trinajstić information content (AvgIpc) is 2.76. The van der Waals surface area contributed by atoms with Gasteiger partial charge in [-0.15, -0.1) is 0 Å². The lowest BCUT2D eigenvalue weighted by molar-refractivity contribution is 0.101. The van der Waals surface area contributed by atoms with Crippen molar-refractivity contribution in [1.29, 1.82) is 0 Å². The molecule has 148 valence electrons. The van der Waals surface area contributed by atoms with Crippen LogP contribution in [0.15, 0.2) is 85.1 Å². The van der Waals surface area contributed by atoms with Crippen molar-refractivity contribution in [2.24, 2.45) is 0 Å². The third-order valence-corrected chi connectivity index (χ3v) is 4.50. The summed E-state index contributed by atoms with van der Waals surface area (Å²) in [7, 11) is 0. The van der Waals surface area contributed by atoms with Crippen LogP contribution >= 0.6 is 0 Å². The van der Waals surface area contributed by atoms with E-state index < -0.39 is 0 Å². The zero-order chi connectivity index (χ0) is 20.9. The van der Waals surface area contributed by atoms with Crippen molar-refractivity contribution in [1.82, 2.24) is 9.97 Å². The van der Waals surface area contributed by atoms with Gasteiger partial charge in [-0.25, -0.2) is 9.97 Å². The number of Topliss-reactive ketones (excluding diaryl/α,β-unsaturated/α-hetero) is 1. The van der Waals surface area contributed by atoms with Crippen LogP contribution in [0.25, 0.3) is 11.3 Å². The van der Waals surface area contributed by atoms with Gasteiger partial charge in [0.1, 0.15) is 11.5 Å². The van der Waals surface area contributed by atoms with E-state index in [2.05, 4.69) is 15.3 Å². The molecule has 4 rings (SSSR count). The molecule has 30 heavy (non-hydrogen) atoms. The SMILES string of the molecule is CC(=O)c1ccc(Nc2nccc(-c3ccc(Oc4ccccc4N)cc3)n2)cc1. The molecule has 3 aromatic carbocycles. The first kappa shape index (κ1) is 19.1. The highest BCUT2D eigenvalue weighted by molar-refractivity contribution is 5.94. The number of ether oxygens (including phenoxy) is 1. The van der Waals surface area contributed by atoms with Crippen molar-refractivity contribution in [2.75, 3.05) is 11.1 Å². The molecule has 0 amide bonds. The molecule has 0 saturated carbocycles. The highest BCUT2D eigenvalue weighted by atomic mass is 16.5. The van der Waals surface area contributed by atoms with Gasteiger partial charge in [-0.3, -0.25) is 4.79 Å². The Bertz CT molecular complexity index is 1170. The molecule has 0 spiro atoms. The summed E-state index contributed by atoms with van der Waals surface area (Å²) in [5.41, 5.74) is 9.69. The van der Waals surface area contributed by atoms with Crippen molar-refractivity contribution in [3.8, 4) is 22.8 Å². The number of nitrogens with zero attached hydrogens (tertiary/aromatic N) is 2. The monoisotopic (exact) mass is 396 g/mol. The predicted octanol–water partition coefficient (Wildman–Crippen LogP) is 5.46. The Morgan fingerprint density at radius 1 is 0.933 bits per heavy atom. The number of nitrogens with two attached hydrogens (primary N) is 1. The maximum atomic E-state index is 11.4. The molecule has 4 aromatic rings. The van der Waals surface area contributed by atoms with Gasteiger partial charge in [-0.2, -0.15) is 0 Å². The van der Waals surface area contributed by atoms with Gasteiger partial charge in [-0.05, 0) is 73.7 Å². The highest BCUT2D eigenvalue weighted by Crippen LogP contribution is 2.29. The highest BCUT2D eigenvalue weighted by Gasteiger charge is 2.06. The summed E-state index contributed by atoms with van der Waals surface area (Å²) in [5.74, 6) is 1.81. The van der Waals surface area contributed by atoms with E-state index in [1.54, 1.807) is 31.3 Å². The van der Waals surface area contributed by atoms with Gasteiger partial charge in [0.2, 0.25) is 5.95 Å². The van der Waals surface area contributed by atoms with Crippen LogP contribution in [0.5, 0.6) is 11.5 Å². The van der Waals surface area contributed by atoms with Crippen molar-refractivity contribution in [2.45, 2.75) is 6.92 Å². The maximum absolute atomic E-state index is 11.4. The average molecular weight is 396 g/mol. The number of aromatic nitrogens is 2. The van der Waals surface area contributed by atoms with Crippen LogP contribution in [0, 0.1) is 0 Å². The van der Waals surface area contributed by atoms with E-state index in [9.17, 15) is 4.79 Å². The summed E-state index contributed by atoms with van der Waals surface area (Å²) >= 11 is 0. The number of carbonyl (C=O) groups excluding carboxylic acids is 1. The summed E-state index contributed by atoms with van der Waals surface area (Å²) < 4.78 is 5.84. The van der Waals surface area contributed by atoms with Crippen molar-refractivity contribution in [3.63, 3.8) is 0 Å². The zero-order valence-electron chi connectivity index (χ0n) is 16.4. The van der Waals surface area contributed by atoms with Crippen molar-refractivity contribution >= 4 is 23.1 Å². The summed E-state index contributed by atoms with van der Waals surface area (Å²) in [6, 6.07) is 24.0. The quantitative estimate of drug-likeness (QED) is 0.332. The third-order valence-electron chi connectivity index (χ3n) is 4.50. The molecule has 0 saturated heterocycles. The first-order valence-electron chi connectivity index (χ1n) is 9.42. The standard InChI is InChI=1S/C24H20N4O2/c1-16(29)17-6-10-19(11-7-17)27-24-26-15-14-22(28-24)18-8-12-20(13-9-18)30-23-5-3-2-4-21(23)25/h2-15H,25H2,1H3,(H,26,27,28). The molecule has 1 aromatic heterocycles. The van der Waals surface area contributed by atoms with Crippen LogP contribution in [0.3, 0.4) is 0 Å². The number of hydrogen-bond donors (Lipinski definition) is 2. The second kappa shape index (κ2) is 8.45. The number of nitrogens with one attached hydrogen (secondary N) is 1. The maximum Gasteiger partial charge on any atom is 0.227 e. The topological polar surface area (TPSA) is 90.1 Å². The second-order valence-electron chi connectivity index (χ2n) is 6.69. The number of hydrogen-bond acceptors (Lipinski definition) is 6.